The summed E-state index contributed by atoms with van der Waals surface area (Å²) in [6.07, 6.45) is 0.801. The molecule has 0 spiro atoms. The molecule has 2 aromatic rings. The number of nitrogens with one attached hydrogen (secondary N) is 3. The molecule has 0 bridgehead atoms. The largest absolute Gasteiger partial charge is 0.380 e. The van der Waals surface area contributed by atoms with Gasteiger partial charge in [-0.05, 0) is 42.2 Å². The number of carbonyl (C=O) groups excluding carboxylic acids is 1. The Labute approximate surface area is 190 Å². The molecule has 2 aromatic carbocycles. The fourth-order valence-electron chi connectivity index (χ4n) is 2.85. The summed E-state index contributed by atoms with van der Waals surface area (Å²) in [5, 5.41) is 9.29. The Morgan fingerprint density at radius 3 is 2.52 bits per heavy atom. The van der Waals surface area contributed by atoms with Gasteiger partial charge in [0.15, 0.2) is 5.96 Å². The standard InChI is InChI=1S/C22H30N4O2.HI/c1-4-24-22(26-15-19-9-5-6-10-20(19)16-28-3)25-13-12-17-8-7-11-18(14-17)21(27)23-2;/h5-11,14H,4,12-13,15-16H2,1-3H3,(H,23,27)(H2,24,25,26);1H. The van der Waals surface area contributed by atoms with Crippen molar-refractivity contribution in [2.75, 3.05) is 27.2 Å². The van der Waals surface area contributed by atoms with Crippen LogP contribution in [0.3, 0.4) is 0 Å². The van der Waals surface area contributed by atoms with Crippen molar-refractivity contribution in [3.8, 4) is 0 Å². The van der Waals surface area contributed by atoms with E-state index in [-0.39, 0.29) is 29.9 Å². The van der Waals surface area contributed by atoms with Crippen molar-refractivity contribution in [2.45, 2.75) is 26.5 Å². The van der Waals surface area contributed by atoms with Crippen LogP contribution in [0, 0.1) is 0 Å². The van der Waals surface area contributed by atoms with Crippen LogP contribution < -0.4 is 16.0 Å². The first-order valence-corrected chi connectivity index (χ1v) is 9.56. The van der Waals surface area contributed by atoms with Crippen molar-refractivity contribution in [3.05, 3.63) is 70.8 Å². The molecule has 0 saturated heterocycles. The number of rotatable bonds is 9. The molecule has 0 heterocycles. The molecule has 0 aliphatic rings. The lowest BCUT2D eigenvalue weighted by Crippen LogP contribution is -2.38. The van der Waals surface area contributed by atoms with E-state index in [4.69, 9.17) is 9.73 Å². The third kappa shape index (κ3) is 8.41. The minimum atomic E-state index is -0.0700. The normalized spacial score (nSPS) is 10.8. The lowest BCUT2D eigenvalue weighted by molar-refractivity contribution is 0.0963. The van der Waals surface area contributed by atoms with Crippen molar-refractivity contribution in [1.29, 1.82) is 0 Å². The molecule has 0 aliphatic heterocycles. The van der Waals surface area contributed by atoms with Crippen molar-refractivity contribution in [2.24, 2.45) is 4.99 Å². The van der Waals surface area contributed by atoms with Crippen LogP contribution in [-0.2, 0) is 24.3 Å². The highest BCUT2D eigenvalue weighted by Gasteiger charge is 2.05. The SMILES string of the molecule is CCNC(=NCc1ccccc1COC)NCCc1cccc(C(=O)NC)c1.I. The van der Waals surface area contributed by atoms with E-state index in [2.05, 4.69) is 28.1 Å². The van der Waals surface area contributed by atoms with Crippen LogP contribution in [0.15, 0.2) is 53.5 Å². The summed E-state index contributed by atoms with van der Waals surface area (Å²) in [6, 6.07) is 15.8. The first-order valence-electron chi connectivity index (χ1n) is 9.56. The summed E-state index contributed by atoms with van der Waals surface area (Å²) < 4.78 is 5.26. The van der Waals surface area contributed by atoms with Crippen molar-refractivity contribution >= 4 is 35.8 Å². The molecule has 7 heteroatoms. The summed E-state index contributed by atoms with van der Waals surface area (Å²) in [7, 11) is 3.34. The zero-order valence-electron chi connectivity index (χ0n) is 17.3. The number of benzene rings is 2. The first kappa shape index (κ1) is 24.9. The fourth-order valence-corrected chi connectivity index (χ4v) is 2.85. The van der Waals surface area contributed by atoms with Crippen molar-refractivity contribution in [3.63, 3.8) is 0 Å². The van der Waals surface area contributed by atoms with Gasteiger partial charge in [0.25, 0.3) is 5.91 Å². The Kier molecular flexibility index (Phi) is 12.0. The van der Waals surface area contributed by atoms with Gasteiger partial charge >= 0.3 is 0 Å². The number of methoxy groups -OCH3 is 1. The maximum Gasteiger partial charge on any atom is 0.251 e. The van der Waals surface area contributed by atoms with Gasteiger partial charge in [0.1, 0.15) is 0 Å². The number of hydrogen-bond acceptors (Lipinski definition) is 3. The van der Waals surface area contributed by atoms with Gasteiger partial charge in [-0.25, -0.2) is 4.99 Å². The Balaban J connectivity index is 0.00000420. The van der Waals surface area contributed by atoms with Gasteiger partial charge in [-0.3, -0.25) is 4.79 Å². The number of aliphatic imine (C=N–C) groups is 1. The number of ether oxygens (including phenoxy) is 1. The van der Waals surface area contributed by atoms with Gasteiger partial charge in [0.05, 0.1) is 13.2 Å². The Morgan fingerprint density at radius 1 is 1.07 bits per heavy atom. The zero-order valence-corrected chi connectivity index (χ0v) is 19.7. The van der Waals surface area contributed by atoms with Gasteiger partial charge < -0.3 is 20.7 Å². The maximum atomic E-state index is 11.8. The second-order valence-corrected chi connectivity index (χ2v) is 6.35. The summed E-state index contributed by atoms with van der Waals surface area (Å²) in [5.41, 5.74) is 4.08. The van der Waals surface area contributed by atoms with Crippen molar-refractivity contribution < 1.29 is 9.53 Å². The van der Waals surface area contributed by atoms with Gasteiger partial charge in [0.2, 0.25) is 0 Å². The molecule has 6 nitrogen and oxygen atoms in total. The molecular weight excluding hydrogens is 479 g/mol. The Hall–Kier alpha value is -2.13. The molecule has 158 valence electrons. The van der Waals surface area contributed by atoms with E-state index in [9.17, 15) is 4.79 Å². The molecule has 0 fully saturated rings. The first-order chi connectivity index (χ1) is 13.7. The number of guanidine groups is 1. The maximum absolute atomic E-state index is 11.8. The fraction of sp³-hybridized carbons (Fsp3) is 0.364. The third-order valence-corrected chi connectivity index (χ3v) is 4.29. The third-order valence-electron chi connectivity index (χ3n) is 4.29. The molecular formula is C22H31IN4O2. The second kappa shape index (κ2) is 13.9. The van der Waals surface area contributed by atoms with E-state index in [0.29, 0.717) is 18.7 Å². The van der Waals surface area contributed by atoms with E-state index >= 15 is 0 Å². The highest BCUT2D eigenvalue weighted by molar-refractivity contribution is 14.0. The summed E-state index contributed by atoms with van der Waals surface area (Å²) in [4.78, 5) is 16.5. The summed E-state index contributed by atoms with van der Waals surface area (Å²) in [5.74, 6) is 0.705. The van der Waals surface area contributed by atoms with Crippen LogP contribution in [0.25, 0.3) is 0 Å². The molecule has 3 N–H and O–H groups in total. The molecule has 0 atom stereocenters. The van der Waals surface area contributed by atoms with Gasteiger partial charge in [-0.1, -0.05) is 36.4 Å². The molecule has 0 aliphatic carbocycles. The van der Waals surface area contributed by atoms with Crippen LogP contribution in [-0.4, -0.2) is 39.1 Å². The average molecular weight is 510 g/mol. The highest BCUT2D eigenvalue weighted by Crippen LogP contribution is 2.11. The van der Waals surface area contributed by atoms with Crippen LogP contribution in [0.1, 0.15) is 34.0 Å². The lowest BCUT2D eigenvalue weighted by Gasteiger charge is -2.13. The molecule has 0 aromatic heterocycles. The van der Waals surface area contributed by atoms with Gasteiger partial charge in [-0.15, -0.1) is 24.0 Å². The topological polar surface area (TPSA) is 74.8 Å². The molecule has 29 heavy (non-hydrogen) atoms. The Morgan fingerprint density at radius 2 is 1.83 bits per heavy atom. The molecule has 0 unspecified atom stereocenters. The zero-order chi connectivity index (χ0) is 20.2. The van der Waals surface area contributed by atoms with Crippen LogP contribution in [0.2, 0.25) is 0 Å². The molecule has 2 rings (SSSR count). The molecule has 0 saturated carbocycles. The van der Waals surface area contributed by atoms with E-state index in [0.717, 1.165) is 42.2 Å². The lowest BCUT2D eigenvalue weighted by atomic mass is 10.1. The van der Waals surface area contributed by atoms with E-state index < -0.39 is 0 Å². The number of halogens is 1. The van der Waals surface area contributed by atoms with Crippen molar-refractivity contribution in [1.82, 2.24) is 16.0 Å². The van der Waals surface area contributed by atoms with E-state index in [1.165, 1.54) is 0 Å². The van der Waals surface area contributed by atoms with Gasteiger partial charge in [0, 0.05) is 32.8 Å². The minimum absolute atomic E-state index is 0. The summed E-state index contributed by atoms with van der Waals surface area (Å²) >= 11 is 0. The number of nitrogens with zero attached hydrogens (tertiary/aromatic N) is 1. The predicted octanol–water partition coefficient (Wildman–Crippen LogP) is 3.11. The number of carbonyl (C=O) groups is 1. The van der Waals surface area contributed by atoms with E-state index in [1.54, 1.807) is 14.2 Å². The summed E-state index contributed by atoms with van der Waals surface area (Å²) in [6.45, 7) is 4.72. The monoisotopic (exact) mass is 510 g/mol. The smallest absolute Gasteiger partial charge is 0.251 e. The number of hydrogen-bond donors (Lipinski definition) is 3. The quantitative estimate of drug-likeness (QED) is 0.276. The van der Waals surface area contributed by atoms with Crippen LogP contribution in [0.5, 0.6) is 0 Å². The Bertz CT molecular complexity index is 796. The van der Waals surface area contributed by atoms with Crippen LogP contribution >= 0.6 is 24.0 Å². The van der Waals surface area contributed by atoms with E-state index in [1.807, 2.05) is 43.3 Å². The molecule has 0 radical (unpaired) electrons. The minimum Gasteiger partial charge on any atom is -0.380 e. The predicted molar refractivity (Wildman–Crippen MR) is 129 cm³/mol. The number of amides is 1. The highest BCUT2D eigenvalue weighted by atomic mass is 127. The molecule has 1 amide bonds. The second-order valence-electron chi connectivity index (χ2n) is 6.35. The average Bonchev–Trinajstić information content (AvgIpc) is 2.72. The van der Waals surface area contributed by atoms with Crippen LogP contribution in [0.4, 0.5) is 0 Å². The van der Waals surface area contributed by atoms with Gasteiger partial charge in [-0.2, -0.15) is 0 Å².